The molecule has 0 saturated heterocycles. The molecule has 23 heavy (non-hydrogen) atoms. The van der Waals surface area contributed by atoms with Gasteiger partial charge in [-0.25, -0.2) is 4.79 Å². The summed E-state index contributed by atoms with van der Waals surface area (Å²) in [6.07, 6.45) is 6.85. The molecule has 0 radical (unpaired) electrons. The highest BCUT2D eigenvalue weighted by molar-refractivity contribution is 5.95. The summed E-state index contributed by atoms with van der Waals surface area (Å²) >= 11 is 0. The summed E-state index contributed by atoms with van der Waals surface area (Å²) < 4.78 is 5.36. The van der Waals surface area contributed by atoms with Crippen molar-refractivity contribution < 1.29 is 24.5 Å². The molecule has 0 amide bonds. The van der Waals surface area contributed by atoms with E-state index in [2.05, 4.69) is 0 Å². The molecule has 0 unspecified atom stereocenters. The molecule has 1 atom stereocenters. The van der Waals surface area contributed by atoms with E-state index < -0.39 is 5.97 Å². The standard InChI is InChI=1S/C18H22O5/c1-12-6-5-8-13(19)7-3-2-4-9-15-16(18(22)23-12)10-14(20)11-17(15)21/h4,9-12,20-21H,2-3,5-8H2,1H3/b9-4+/t12-/m0/s1. The lowest BCUT2D eigenvalue weighted by Gasteiger charge is -2.15. The second kappa shape index (κ2) is 7.81. The van der Waals surface area contributed by atoms with Crippen LogP contribution in [0.1, 0.15) is 61.4 Å². The third-order valence-electron chi connectivity index (χ3n) is 3.85. The highest BCUT2D eigenvalue weighted by Crippen LogP contribution is 2.30. The van der Waals surface area contributed by atoms with E-state index >= 15 is 0 Å². The number of phenols is 2. The van der Waals surface area contributed by atoms with Crippen LogP contribution in [0.15, 0.2) is 18.2 Å². The topological polar surface area (TPSA) is 83.8 Å². The van der Waals surface area contributed by atoms with Gasteiger partial charge in [-0.15, -0.1) is 0 Å². The number of aromatic hydroxyl groups is 2. The summed E-state index contributed by atoms with van der Waals surface area (Å²) in [7, 11) is 0. The molecule has 2 rings (SSSR count). The van der Waals surface area contributed by atoms with Gasteiger partial charge in [0, 0.05) is 24.5 Å². The third-order valence-corrected chi connectivity index (χ3v) is 3.85. The SMILES string of the molecule is C[C@H]1CCCC(=O)CCC/C=C/c2c(O)cc(O)cc2C(=O)O1. The van der Waals surface area contributed by atoms with Crippen LogP contribution in [-0.4, -0.2) is 28.1 Å². The number of ether oxygens (including phenoxy) is 1. The lowest BCUT2D eigenvalue weighted by atomic mass is 10.0. The average molecular weight is 318 g/mol. The summed E-state index contributed by atoms with van der Waals surface area (Å²) in [6, 6.07) is 2.48. The summed E-state index contributed by atoms with van der Waals surface area (Å²) in [4.78, 5) is 24.0. The fraction of sp³-hybridized carbons (Fsp3) is 0.444. The number of hydrogen-bond acceptors (Lipinski definition) is 5. The molecule has 2 N–H and O–H groups in total. The number of cyclic esters (lactones) is 1. The van der Waals surface area contributed by atoms with E-state index in [-0.39, 0.29) is 28.9 Å². The molecule has 0 aromatic heterocycles. The number of fused-ring (bicyclic) bond motifs is 1. The molecule has 1 aliphatic heterocycles. The van der Waals surface area contributed by atoms with E-state index in [1.165, 1.54) is 12.1 Å². The Morgan fingerprint density at radius 1 is 1.13 bits per heavy atom. The molecule has 0 saturated carbocycles. The first-order chi connectivity index (χ1) is 11.0. The molecule has 0 spiro atoms. The first-order valence-electron chi connectivity index (χ1n) is 7.92. The number of benzene rings is 1. The molecule has 124 valence electrons. The quantitative estimate of drug-likeness (QED) is 0.714. The number of rotatable bonds is 0. The van der Waals surface area contributed by atoms with E-state index in [0.717, 1.165) is 6.42 Å². The molecule has 0 aliphatic carbocycles. The minimum absolute atomic E-state index is 0.138. The van der Waals surface area contributed by atoms with Crippen molar-refractivity contribution in [3.05, 3.63) is 29.3 Å². The zero-order chi connectivity index (χ0) is 16.8. The molecule has 0 bridgehead atoms. The maximum Gasteiger partial charge on any atom is 0.339 e. The normalized spacial score (nSPS) is 21.9. The highest BCUT2D eigenvalue weighted by atomic mass is 16.5. The van der Waals surface area contributed by atoms with Crippen molar-refractivity contribution in [1.82, 2.24) is 0 Å². The monoisotopic (exact) mass is 318 g/mol. The van der Waals surface area contributed by atoms with Crippen LogP contribution in [0.2, 0.25) is 0 Å². The van der Waals surface area contributed by atoms with Crippen LogP contribution >= 0.6 is 0 Å². The van der Waals surface area contributed by atoms with Gasteiger partial charge < -0.3 is 14.9 Å². The van der Waals surface area contributed by atoms with Crippen molar-refractivity contribution in [2.75, 3.05) is 0 Å². The van der Waals surface area contributed by atoms with Gasteiger partial charge in [0.1, 0.15) is 17.3 Å². The number of Topliss-reactive ketones (excluding diaryl/α,β-unsaturated/α-hetero) is 1. The summed E-state index contributed by atoms with van der Waals surface area (Å²) in [5, 5.41) is 19.6. The number of hydrogen-bond donors (Lipinski definition) is 2. The predicted molar refractivity (Wildman–Crippen MR) is 86.4 cm³/mol. The second-order valence-electron chi connectivity index (χ2n) is 5.87. The fourth-order valence-corrected chi connectivity index (χ4v) is 2.60. The van der Waals surface area contributed by atoms with Gasteiger partial charge in [-0.1, -0.05) is 12.2 Å². The maximum absolute atomic E-state index is 12.3. The zero-order valence-corrected chi connectivity index (χ0v) is 13.2. The van der Waals surface area contributed by atoms with E-state index in [4.69, 9.17) is 4.74 Å². The Balaban J connectivity index is 2.32. The lowest BCUT2D eigenvalue weighted by Crippen LogP contribution is -2.16. The first kappa shape index (κ1) is 17.1. The molecule has 1 aromatic carbocycles. The largest absolute Gasteiger partial charge is 0.508 e. The van der Waals surface area contributed by atoms with E-state index in [1.54, 1.807) is 13.0 Å². The Hall–Kier alpha value is -2.30. The van der Waals surface area contributed by atoms with Crippen molar-refractivity contribution in [1.29, 1.82) is 0 Å². The smallest absolute Gasteiger partial charge is 0.339 e. The molecule has 1 heterocycles. The van der Waals surface area contributed by atoms with Crippen molar-refractivity contribution >= 4 is 17.8 Å². The number of carbonyl (C=O) groups is 2. The second-order valence-corrected chi connectivity index (χ2v) is 5.87. The lowest BCUT2D eigenvalue weighted by molar-refractivity contribution is -0.119. The van der Waals surface area contributed by atoms with Gasteiger partial charge in [-0.3, -0.25) is 4.79 Å². The van der Waals surface area contributed by atoms with Gasteiger partial charge in [-0.05, 0) is 38.7 Å². The van der Waals surface area contributed by atoms with Crippen LogP contribution < -0.4 is 0 Å². The fourth-order valence-electron chi connectivity index (χ4n) is 2.60. The minimum atomic E-state index is -0.591. The highest BCUT2D eigenvalue weighted by Gasteiger charge is 2.19. The van der Waals surface area contributed by atoms with Crippen molar-refractivity contribution in [2.45, 2.75) is 51.6 Å². The number of esters is 1. The molecule has 1 aromatic rings. The summed E-state index contributed by atoms with van der Waals surface area (Å²) in [5.74, 6) is -0.733. The van der Waals surface area contributed by atoms with Gasteiger partial charge in [0.2, 0.25) is 0 Å². The van der Waals surface area contributed by atoms with Crippen molar-refractivity contribution in [3.8, 4) is 11.5 Å². The van der Waals surface area contributed by atoms with Crippen LogP contribution in [0.25, 0.3) is 6.08 Å². The van der Waals surface area contributed by atoms with Crippen LogP contribution in [-0.2, 0) is 9.53 Å². The number of ketones is 1. The van der Waals surface area contributed by atoms with Crippen LogP contribution in [0.5, 0.6) is 11.5 Å². The van der Waals surface area contributed by atoms with Gasteiger partial charge in [-0.2, -0.15) is 0 Å². The van der Waals surface area contributed by atoms with Gasteiger partial charge in [0.25, 0.3) is 0 Å². The summed E-state index contributed by atoms with van der Waals surface area (Å²) in [5.41, 5.74) is 0.460. The Kier molecular flexibility index (Phi) is 5.79. The summed E-state index contributed by atoms with van der Waals surface area (Å²) in [6.45, 7) is 1.77. The number of carbonyl (C=O) groups excluding carboxylic acids is 2. The first-order valence-corrected chi connectivity index (χ1v) is 7.92. The van der Waals surface area contributed by atoms with E-state index in [1.807, 2.05) is 6.08 Å². The van der Waals surface area contributed by atoms with E-state index in [0.29, 0.717) is 37.7 Å². The van der Waals surface area contributed by atoms with Crippen LogP contribution in [0, 0.1) is 0 Å². The average Bonchev–Trinajstić information content (AvgIpc) is 2.47. The Morgan fingerprint density at radius 2 is 1.87 bits per heavy atom. The molecule has 1 aliphatic rings. The predicted octanol–water partition coefficient (Wildman–Crippen LogP) is 3.58. The maximum atomic E-state index is 12.3. The van der Waals surface area contributed by atoms with Crippen molar-refractivity contribution in [3.63, 3.8) is 0 Å². The Morgan fingerprint density at radius 3 is 2.65 bits per heavy atom. The van der Waals surface area contributed by atoms with Gasteiger partial charge >= 0.3 is 5.97 Å². The van der Waals surface area contributed by atoms with Gasteiger partial charge in [0.05, 0.1) is 11.7 Å². The van der Waals surface area contributed by atoms with Crippen LogP contribution in [0.4, 0.5) is 0 Å². The Labute approximate surface area is 135 Å². The molecule has 0 fully saturated rings. The van der Waals surface area contributed by atoms with Gasteiger partial charge in [0.15, 0.2) is 0 Å². The number of allylic oxidation sites excluding steroid dienone is 1. The molecule has 5 heteroatoms. The Bertz CT molecular complexity index is 618. The minimum Gasteiger partial charge on any atom is -0.508 e. The number of phenolic OH excluding ortho intramolecular Hbond substituents is 2. The molecular formula is C18H22O5. The molecular weight excluding hydrogens is 296 g/mol. The van der Waals surface area contributed by atoms with Crippen molar-refractivity contribution in [2.24, 2.45) is 0 Å². The van der Waals surface area contributed by atoms with Crippen LogP contribution in [0.3, 0.4) is 0 Å². The molecule has 5 nitrogen and oxygen atoms in total. The van der Waals surface area contributed by atoms with E-state index in [9.17, 15) is 19.8 Å². The third kappa shape index (κ3) is 4.84. The zero-order valence-electron chi connectivity index (χ0n) is 13.2.